The van der Waals surface area contributed by atoms with Crippen LogP contribution in [0.4, 0.5) is 5.69 Å². The van der Waals surface area contributed by atoms with Gasteiger partial charge >= 0.3 is 0 Å². The summed E-state index contributed by atoms with van der Waals surface area (Å²) in [6.45, 7) is 2.54. The molecule has 0 heterocycles. The van der Waals surface area contributed by atoms with Crippen LogP contribution in [0.25, 0.3) is 0 Å². The SMILES string of the molecule is CN=C(NCCC(=O)Nc1cc(Br)ccc1C)NC1CCCC1.I. The Hall–Kier alpha value is -0.830. The lowest BCUT2D eigenvalue weighted by Gasteiger charge is -2.16. The minimum Gasteiger partial charge on any atom is -0.356 e. The highest BCUT2D eigenvalue weighted by atomic mass is 127. The van der Waals surface area contributed by atoms with Crippen molar-refractivity contribution in [3.63, 3.8) is 0 Å². The molecule has 7 heteroatoms. The van der Waals surface area contributed by atoms with E-state index in [9.17, 15) is 4.79 Å². The molecule has 5 nitrogen and oxygen atoms in total. The average molecular weight is 509 g/mol. The molecule has 1 amide bonds. The van der Waals surface area contributed by atoms with Gasteiger partial charge in [-0.05, 0) is 37.5 Å². The van der Waals surface area contributed by atoms with Crippen molar-refractivity contribution in [2.24, 2.45) is 4.99 Å². The van der Waals surface area contributed by atoms with Gasteiger partial charge in [-0.2, -0.15) is 0 Å². The molecule has 0 aliphatic heterocycles. The first kappa shape index (κ1) is 21.2. The maximum Gasteiger partial charge on any atom is 0.226 e. The normalized spacial score (nSPS) is 14.9. The van der Waals surface area contributed by atoms with E-state index in [2.05, 4.69) is 36.9 Å². The highest BCUT2D eigenvalue weighted by molar-refractivity contribution is 14.0. The van der Waals surface area contributed by atoms with E-state index >= 15 is 0 Å². The van der Waals surface area contributed by atoms with Crippen molar-refractivity contribution in [2.75, 3.05) is 18.9 Å². The third-order valence-electron chi connectivity index (χ3n) is 4.04. The van der Waals surface area contributed by atoms with Gasteiger partial charge in [0.15, 0.2) is 5.96 Å². The van der Waals surface area contributed by atoms with Gasteiger partial charge in [-0.1, -0.05) is 34.8 Å². The summed E-state index contributed by atoms with van der Waals surface area (Å²) in [5.41, 5.74) is 1.89. The molecule has 1 aliphatic rings. The van der Waals surface area contributed by atoms with E-state index in [0.717, 1.165) is 21.7 Å². The highest BCUT2D eigenvalue weighted by Gasteiger charge is 2.15. The second kappa shape index (κ2) is 10.9. The summed E-state index contributed by atoms with van der Waals surface area (Å²) in [7, 11) is 1.76. The third kappa shape index (κ3) is 6.96. The Bertz CT molecular complexity index is 574. The smallest absolute Gasteiger partial charge is 0.226 e. The quantitative estimate of drug-likeness (QED) is 0.322. The monoisotopic (exact) mass is 508 g/mol. The van der Waals surface area contributed by atoms with Crippen LogP contribution in [-0.2, 0) is 4.79 Å². The van der Waals surface area contributed by atoms with Gasteiger partial charge in [0.2, 0.25) is 5.91 Å². The fraction of sp³-hybridized carbons (Fsp3) is 0.529. The van der Waals surface area contributed by atoms with Gasteiger partial charge < -0.3 is 16.0 Å². The summed E-state index contributed by atoms with van der Waals surface area (Å²) < 4.78 is 0.956. The van der Waals surface area contributed by atoms with E-state index in [1.54, 1.807) is 7.05 Å². The Morgan fingerprint density at radius 3 is 2.71 bits per heavy atom. The highest BCUT2D eigenvalue weighted by Crippen LogP contribution is 2.20. The number of nitrogens with zero attached hydrogens (tertiary/aromatic N) is 1. The number of aryl methyl sites for hydroxylation is 1. The van der Waals surface area contributed by atoms with Crippen molar-refractivity contribution in [1.29, 1.82) is 0 Å². The fourth-order valence-electron chi connectivity index (χ4n) is 2.69. The summed E-state index contributed by atoms with van der Waals surface area (Å²) >= 11 is 3.42. The van der Waals surface area contributed by atoms with Gasteiger partial charge in [0, 0.05) is 36.2 Å². The number of hydrogen-bond donors (Lipinski definition) is 3. The first-order valence-corrected chi connectivity index (χ1v) is 8.91. The van der Waals surface area contributed by atoms with E-state index in [1.807, 2.05) is 25.1 Å². The number of nitrogens with one attached hydrogen (secondary N) is 3. The minimum atomic E-state index is -0.00461. The fourth-order valence-corrected chi connectivity index (χ4v) is 3.06. The van der Waals surface area contributed by atoms with E-state index in [-0.39, 0.29) is 29.9 Å². The van der Waals surface area contributed by atoms with Crippen LogP contribution in [0, 0.1) is 6.92 Å². The van der Waals surface area contributed by atoms with E-state index in [1.165, 1.54) is 25.7 Å². The van der Waals surface area contributed by atoms with Crippen molar-refractivity contribution in [3.05, 3.63) is 28.2 Å². The second-order valence-corrected chi connectivity index (χ2v) is 6.80. The molecule has 24 heavy (non-hydrogen) atoms. The molecule has 2 rings (SSSR count). The van der Waals surface area contributed by atoms with Crippen molar-refractivity contribution >= 4 is 57.5 Å². The number of hydrogen-bond acceptors (Lipinski definition) is 2. The number of carbonyl (C=O) groups is 1. The first-order chi connectivity index (χ1) is 11.1. The predicted molar refractivity (Wildman–Crippen MR) is 114 cm³/mol. The standard InChI is InChI=1S/C17H25BrN4O.HI/c1-12-7-8-13(18)11-15(12)22-16(23)9-10-20-17(19-2)21-14-5-3-4-6-14;/h7-8,11,14H,3-6,9-10H2,1-2H3,(H,22,23)(H2,19,20,21);1H. The molecule has 1 aromatic carbocycles. The number of carbonyl (C=O) groups excluding carboxylic acids is 1. The average Bonchev–Trinajstić information content (AvgIpc) is 3.03. The van der Waals surface area contributed by atoms with Gasteiger partial charge in [-0.25, -0.2) is 0 Å². The molecule has 3 N–H and O–H groups in total. The second-order valence-electron chi connectivity index (χ2n) is 5.88. The van der Waals surface area contributed by atoms with E-state index < -0.39 is 0 Å². The van der Waals surface area contributed by atoms with Crippen molar-refractivity contribution in [1.82, 2.24) is 10.6 Å². The van der Waals surface area contributed by atoms with Crippen LogP contribution in [-0.4, -0.2) is 31.5 Å². The van der Waals surface area contributed by atoms with Gasteiger partial charge in [0.05, 0.1) is 0 Å². The Labute approximate surface area is 169 Å². The summed E-state index contributed by atoms with van der Waals surface area (Å²) in [6, 6.07) is 6.37. The third-order valence-corrected chi connectivity index (χ3v) is 4.53. The number of halogens is 2. The molecule has 0 radical (unpaired) electrons. The van der Waals surface area contributed by atoms with Gasteiger partial charge in [0.25, 0.3) is 0 Å². The van der Waals surface area contributed by atoms with Crippen LogP contribution in [0.1, 0.15) is 37.7 Å². The van der Waals surface area contributed by atoms with Crippen LogP contribution in [0.2, 0.25) is 0 Å². The van der Waals surface area contributed by atoms with Gasteiger partial charge in [-0.3, -0.25) is 9.79 Å². The summed E-state index contributed by atoms with van der Waals surface area (Å²) in [5.74, 6) is 0.776. The lowest BCUT2D eigenvalue weighted by Crippen LogP contribution is -2.43. The molecule has 0 atom stereocenters. The van der Waals surface area contributed by atoms with Crippen LogP contribution in [0.15, 0.2) is 27.7 Å². The summed E-state index contributed by atoms with van der Waals surface area (Å²) in [5, 5.41) is 9.56. The topological polar surface area (TPSA) is 65.5 Å². The molecule has 1 fully saturated rings. The Balaban J connectivity index is 0.00000288. The maximum atomic E-state index is 12.1. The Morgan fingerprint density at radius 1 is 1.33 bits per heavy atom. The molecule has 0 unspecified atom stereocenters. The lowest BCUT2D eigenvalue weighted by atomic mass is 10.2. The number of anilines is 1. The van der Waals surface area contributed by atoms with Crippen LogP contribution in [0.3, 0.4) is 0 Å². The van der Waals surface area contributed by atoms with E-state index in [4.69, 9.17) is 0 Å². The van der Waals surface area contributed by atoms with Gasteiger partial charge in [0.1, 0.15) is 0 Å². The number of aliphatic imine (C=N–C) groups is 1. The molecular weight excluding hydrogens is 483 g/mol. The predicted octanol–water partition coefficient (Wildman–Crippen LogP) is 3.81. The molecule has 1 aromatic rings. The Kier molecular flexibility index (Phi) is 9.65. The van der Waals surface area contributed by atoms with Crippen molar-refractivity contribution in [2.45, 2.75) is 45.1 Å². The van der Waals surface area contributed by atoms with Crippen molar-refractivity contribution in [3.8, 4) is 0 Å². The van der Waals surface area contributed by atoms with Crippen molar-refractivity contribution < 1.29 is 4.79 Å². The largest absolute Gasteiger partial charge is 0.356 e. The molecule has 1 saturated carbocycles. The zero-order chi connectivity index (χ0) is 16.7. The number of rotatable bonds is 5. The van der Waals surface area contributed by atoms with E-state index in [0.29, 0.717) is 19.0 Å². The molecule has 0 bridgehead atoms. The van der Waals surface area contributed by atoms with Crippen LogP contribution in [0.5, 0.6) is 0 Å². The van der Waals surface area contributed by atoms with Crippen LogP contribution >= 0.6 is 39.9 Å². The molecule has 0 aromatic heterocycles. The summed E-state index contributed by atoms with van der Waals surface area (Å²) in [4.78, 5) is 16.3. The molecular formula is C17H26BrIN4O. The number of benzene rings is 1. The molecule has 0 spiro atoms. The summed E-state index contributed by atoms with van der Waals surface area (Å²) in [6.07, 6.45) is 5.36. The molecule has 134 valence electrons. The zero-order valence-electron chi connectivity index (χ0n) is 14.2. The zero-order valence-corrected chi connectivity index (χ0v) is 18.1. The first-order valence-electron chi connectivity index (χ1n) is 8.11. The number of guanidine groups is 1. The van der Waals surface area contributed by atoms with Crippen LogP contribution < -0.4 is 16.0 Å². The minimum absolute atomic E-state index is 0. The molecule has 0 saturated heterocycles. The lowest BCUT2D eigenvalue weighted by molar-refractivity contribution is -0.116. The van der Waals surface area contributed by atoms with Gasteiger partial charge in [-0.15, -0.1) is 24.0 Å². The maximum absolute atomic E-state index is 12.1. The Morgan fingerprint density at radius 2 is 2.04 bits per heavy atom. The number of amides is 1. The molecule has 1 aliphatic carbocycles.